The molecule has 0 aromatic heterocycles. The molecule has 256 valence electrons. The van der Waals surface area contributed by atoms with Crippen LogP contribution in [0.25, 0.3) is 71.4 Å². The van der Waals surface area contributed by atoms with Crippen LogP contribution in [0.2, 0.25) is 0 Å². The van der Waals surface area contributed by atoms with E-state index in [1.165, 1.54) is 65.7 Å². The standard InChI is InChI=1S/C52H38N2/c53-52(43-19-8-3-9-20-43)54-48(35-26-36-24-27-38(28-25-36)37-14-4-1-5-15-37)40-29-31-42(32-30-40)50-46-23-13-12-22-45(46)49(41-17-6-2-7-18-41)47-34-33-39-16-10-11-21-44(39)51(47)50/h1-25,27-35H,26H2,(H2,53,54)/b48-35-. The average molecular weight is 691 g/mol. The van der Waals surface area contributed by atoms with Gasteiger partial charge in [0.15, 0.2) is 0 Å². The number of allylic oxidation sites excluding steroid dienone is 1. The fraction of sp³-hybridized carbons (Fsp3) is 0.0192. The molecule has 0 unspecified atom stereocenters. The van der Waals surface area contributed by atoms with Crippen molar-refractivity contribution in [2.45, 2.75) is 6.42 Å². The Morgan fingerprint density at radius 2 is 0.926 bits per heavy atom. The normalized spacial score (nSPS) is 12.1. The summed E-state index contributed by atoms with van der Waals surface area (Å²) in [5.74, 6) is 0.491. The summed E-state index contributed by atoms with van der Waals surface area (Å²) in [6, 6.07) is 71.0. The van der Waals surface area contributed by atoms with Gasteiger partial charge in [-0.25, -0.2) is 4.99 Å². The summed E-state index contributed by atoms with van der Waals surface area (Å²) < 4.78 is 0. The van der Waals surface area contributed by atoms with Crippen LogP contribution in [0.15, 0.2) is 211 Å². The first kappa shape index (κ1) is 32.8. The van der Waals surface area contributed by atoms with E-state index in [1.807, 2.05) is 36.4 Å². The first-order valence-electron chi connectivity index (χ1n) is 18.5. The molecule has 2 heteroatoms. The van der Waals surface area contributed by atoms with Crippen molar-refractivity contribution >= 4 is 43.9 Å². The maximum absolute atomic E-state index is 6.66. The molecular formula is C52H38N2. The Morgan fingerprint density at radius 3 is 1.61 bits per heavy atom. The molecule has 0 heterocycles. The number of benzene rings is 9. The smallest absolute Gasteiger partial charge is 0.131 e. The first-order valence-corrected chi connectivity index (χ1v) is 18.5. The highest BCUT2D eigenvalue weighted by Crippen LogP contribution is 2.46. The lowest BCUT2D eigenvalue weighted by Crippen LogP contribution is -2.13. The number of hydrogen-bond acceptors (Lipinski definition) is 1. The van der Waals surface area contributed by atoms with E-state index in [9.17, 15) is 0 Å². The Morgan fingerprint density at radius 1 is 0.407 bits per heavy atom. The predicted molar refractivity (Wildman–Crippen MR) is 231 cm³/mol. The van der Waals surface area contributed by atoms with Gasteiger partial charge in [0.1, 0.15) is 5.84 Å². The van der Waals surface area contributed by atoms with Gasteiger partial charge in [0.05, 0.1) is 5.70 Å². The molecule has 0 radical (unpaired) electrons. The van der Waals surface area contributed by atoms with Crippen molar-refractivity contribution in [1.29, 1.82) is 0 Å². The second-order valence-electron chi connectivity index (χ2n) is 13.7. The number of hydrogen-bond donors (Lipinski definition) is 1. The van der Waals surface area contributed by atoms with Gasteiger partial charge in [0.2, 0.25) is 0 Å². The third kappa shape index (κ3) is 6.35. The monoisotopic (exact) mass is 690 g/mol. The van der Waals surface area contributed by atoms with Crippen LogP contribution in [0.1, 0.15) is 16.7 Å². The van der Waals surface area contributed by atoms with Gasteiger partial charge in [-0.05, 0) is 83.2 Å². The average Bonchev–Trinajstić information content (AvgIpc) is 3.25. The van der Waals surface area contributed by atoms with Crippen molar-refractivity contribution in [2.24, 2.45) is 10.7 Å². The number of amidine groups is 1. The van der Waals surface area contributed by atoms with Crippen LogP contribution in [0.4, 0.5) is 0 Å². The maximum atomic E-state index is 6.66. The van der Waals surface area contributed by atoms with Crippen molar-refractivity contribution < 1.29 is 0 Å². The number of nitrogens with zero attached hydrogens (tertiary/aromatic N) is 1. The van der Waals surface area contributed by atoms with Crippen LogP contribution in [-0.4, -0.2) is 5.84 Å². The van der Waals surface area contributed by atoms with Crippen LogP contribution in [0, 0.1) is 0 Å². The molecule has 0 aliphatic carbocycles. The van der Waals surface area contributed by atoms with Crippen LogP contribution >= 0.6 is 0 Å². The van der Waals surface area contributed by atoms with E-state index < -0.39 is 0 Å². The van der Waals surface area contributed by atoms with Crippen LogP contribution in [0.3, 0.4) is 0 Å². The van der Waals surface area contributed by atoms with Crippen molar-refractivity contribution in [1.82, 2.24) is 0 Å². The molecule has 9 rings (SSSR count). The zero-order valence-electron chi connectivity index (χ0n) is 29.9. The predicted octanol–water partition coefficient (Wildman–Crippen LogP) is 13.1. The van der Waals surface area contributed by atoms with Crippen molar-refractivity contribution in [3.8, 4) is 33.4 Å². The van der Waals surface area contributed by atoms with Gasteiger partial charge in [0.25, 0.3) is 0 Å². The zero-order valence-corrected chi connectivity index (χ0v) is 29.9. The first-order chi connectivity index (χ1) is 26.7. The summed E-state index contributed by atoms with van der Waals surface area (Å²) in [5, 5.41) is 7.45. The van der Waals surface area contributed by atoms with Gasteiger partial charge in [0, 0.05) is 5.56 Å². The summed E-state index contributed by atoms with van der Waals surface area (Å²) in [6.45, 7) is 0. The molecule has 9 aromatic rings. The Bertz CT molecular complexity index is 2800. The molecule has 0 saturated carbocycles. The van der Waals surface area contributed by atoms with Crippen molar-refractivity contribution in [3.05, 3.63) is 223 Å². The van der Waals surface area contributed by atoms with E-state index in [1.54, 1.807) is 0 Å². The molecule has 2 nitrogen and oxygen atoms in total. The molecule has 0 aliphatic heterocycles. The molecule has 0 bridgehead atoms. The topological polar surface area (TPSA) is 38.4 Å². The molecule has 0 fully saturated rings. The lowest BCUT2D eigenvalue weighted by molar-refractivity contribution is 1.26. The quantitative estimate of drug-likeness (QED) is 0.0733. The number of aliphatic imine (C=N–C) groups is 1. The summed E-state index contributed by atoms with van der Waals surface area (Å²) in [5.41, 5.74) is 17.9. The highest BCUT2D eigenvalue weighted by molar-refractivity contribution is 6.27. The van der Waals surface area contributed by atoms with Crippen molar-refractivity contribution in [3.63, 3.8) is 0 Å². The van der Waals surface area contributed by atoms with Crippen LogP contribution in [-0.2, 0) is 6.42 Å². The Balaban J connectivity index is 1.17. The number of nitrogens with two attached hydrogens (primary N) is 1. The molecule has 0 amide bonds. The summed E-state index contributed by atoms with van der Waals surface area (Å²) in [7, 11) is 0. The fourth-order valence-corrected chi connectivity index (χ4v) is 7.68. The van der Waals surface area contributed by atoms with Gasteiger partial charge >= 0.3 is 0 Å². The summed E-state index contributed by atoms with van der Waals surface area (Å²) in [4.78, 5) is 5.04. The Labute approximate surface area is 316 Å². The lowest BCUT2D eigenvalue weighted by atomic mass is 9.84. The fourth-order valence-electron chi connectivity index (χ4n) is 7.68. The number of fused-ring (bicyclic) bond motifs is 4. The van der Waals surface area contributed by atoms with E-state index >= 15 is 0 Å². The molecule has 0 saturated heterocycles. The Kier molecular flexibility index (Phi) is 8.84. The van der Waals surface area contributed by atoms with Crippen LogP contribution in [0.5, 0.6) is 0 Å². The molecule has 9 aromatic carbocycles. The van der Waals surface area contributed by atoms with E-state index in [0.717, 1.165) is 28.8 Å². The van der Waals surface area contributed by atoms with Gasteiger partial charge < -0.3 is 5.73 Å². The lowest BCUT2D eigenvalue weighted by Gasteiger charge is -2.19. The Hall–Kier alpha value is -7.03. The van der Waals surface area contributed by atoms with E-state index in [2.05, 4.69) is 170 Å². The van der Waals surface area contributed by atoms with Gasteiger partial charge in [-0.15, -0.1) is 0 Å². The highest BCUT2D eigenvalue weighted by atomic mass is 14.9. The third-order valence-corrected chi connectivity index (χ3v) is 10.3. The molecule has 2 N–H and O–H groups in total. The molecule has 0 aliphatic rings. The summed E-state index contributed by atoms with van der Waals surface area (Å²) >= 11 is 0. The SMILES string of the molecule is NC(=N/C(=C\Cc1ccc(-c2ccccc2)cc1)c1ccc(-c2c3ccccc3c(-c3ccccc3)c3ccc4ccccc4c23)cc1)c1ccccc1. The van der Waals surface area contributed by atoms with Gasteiger partial charge in [-0.3, -0.25) is 0 Å². The minimum atomic E-state index is 0.491. The third-order valence-electron chi connectivity index (χ3n) is 10.3. The molecular weight excluding hydrogens is 653 g/mol. The van der Waals surface area contributed by atoms with Gasteiger partial charge in [-0.2, -0.15) is 0 Å². The number of rotatable bonds is 8. The van der Waals surface area contributed by atoms with E-state index in [-0.39, 0.29) is 0 Å². The largest absolute Gasteiger partial charge is 0.383 e. The van der Waals surface area contributed by atoms with E-state index in [4.69, 9.17) is 10.7 Å². The minimum absolute atomic E-state index is 0.491. The second-order valence-corrected chi connectivity index (χ2v) is 13.7. The second kappa shape index (κ2) is 14.5. The highest BCUT2D eigenvalue weighted by Gasteiger charge is 2.19. The maximum Gasteiger partial charge on any atom is 0.131 e. The zero-order chi connectivity index (χ0) is 36.3. The van der Waals surface area contributed by atoms with Crippen molar-refractivity contribution in [2.75, 3.05) is 0 Å². The molecule has 0 atom stereocenters. The summed E-state index contributed by atoms with van der Waals surface area (Å²) in [6.07, 6.45) is 2.91. The van der Waals surface area contributed by atoms with E-state index in [0.29, 0.717) is 5.84 Å². The molecule has 0 spiro atoms. The van der Waals surface area contributed by atoms with Gasteiger partial charge in [-0.1, -0.05) is 206 Å². The minimum Gasteiger partial charge on any atom is -0.383 e. The molecule has 54 heavy (non-hydrogen) atoms. The van der Waals surface area contributed by atoms with Crippen LogP contribution < -0.4 is 5.73 Å².